The molecule has 0 fully saturated rings. The number of nitrogens with two attached hydrogens (primary N) is 3. The molecule has 8 N–H and O–H groups in total. The fourth-order valence-corrected chi connectivity index (χ4v) is 0.872. The molecule has 78 valence electrons. The van der Waals surface area contributed by atoms with Crippen LogP contribution in [0.5, 0.6) is 0 Å². The van der Waals surface area contributed by atoms with Crippen molar-refractivity contribution < 1.29 is 10.3 Å². The number of aliphatic hydroxyl groups excluding tert-OH is 1. The lowest BCUT2D eigenvalue weighted by Gasteiger charge is -2.06. The van der Waals surface area contributed by atoms with Gasteiger partial charge < -0.3 is 27.5 Å². The summed E-state index contributed by atoms with van der Waals surface area (Å²) in [5.74, 6) is -0.267. The van der Waals surface area contributed by atoms with Gasteiger partial charge in [-0.25, -0.2) is 4.98 Å². The summed E-state index contributed by atoms with van der Waals surface area (Å²) in [5.41, 5.74) is 16.1. The van der Waals surface area contributed by atoms with Crippen LogP contribution in [-0.4, -0.2) is 33.2 Å². The summed E-state index contributed by atoms with van der Waals surface area (Å²) in [4.78, 5) is 7.43. The first-order valence-electron chi connectivity index (χ1n) is 3.82. The van der Waals surface area contributed by atoms with Gasteiger partial charge in [0.2, 0.25) is 5.49 Å². The van der Waals surface area contributed by atoms with E-state index in [0.29, 0.717) is 4.73 Å². The molecular weight excluding hydrogens is 188 g/mol. The molecule has 0 aliphatic carbocycles. The normalized spacial score (nSPS) is 11.9. The summed E-state index contributed by atoms with van der Waals surface area (Å²) in [6, 6.07) is 0. The number of nitrogens with zero attached hydrogens (tertiary/aromatic N) is 3. The van der Waals surface area contributed by atoms with E-state index in [2.05, 4.69) is 9.98 Å². The molecule has 1 aromatic rings. The van der Waals surface area contributed by atoms with Crippen molar-refractivity contribution in [1.29, 1.82) is 0 Å². The van der Waals surface area contributed by atoms with Crippen molar-refractivity contribution in [2.24, 2.45) is 4.99 Å². The molecule has 0 atom stereocenters. The zero-order valence-corrected chi connectivity index (χ0v) is 7.38. The van der Waals surface area contributed by atoms with Crippen molar-refractivity contribution in [2.75, 3.05) is 30.4 Å². The number of nitrogen functional groups attached to an aromatic ring is 3. The van der Waals surface area contributed by atoms with Gasteiger partial charge in [-0.05, 0) is 0 Å². The summed E-state index contributed by atoms with van der Waals surface area (Å²) in [7, 11) is 0. The fourth-order valence-electron chi connectivity index (χ4n) is 0.872. The highest BCUT2D eigenvalue weighted by atomic mass is 16.5. The highest BCUT2D eigenvalue weighted by molar-refractivity contribution is 5.55. The lowest BCUT2D eigenvalue weighted by molar-refractivity contribution is 0.178. The zero-order valence-electron chi connectivity index (χ0n) is 7.38. The molecule has 14 heavy (non-hydrogen) atoms. The van der Waals surface area contributed by atoms with E-state index in [1.807, 2.05) is 0 Å². The predicted octanol–water partition coefficient (Wildman–Crippen LogP) is -2.24. The van der Waals surface area contributed by atoms with Crippen LogP contribution in [0, 0.1) is 0 Å². The topological polar surface area (TPSA) is 149 Å². The minimum atomic E-state index is -0.163. The van der Waals surface area contributed by atoms with E-state index < -0.39 is 0 Å². The maximum Gasteiger partial charge on any atom is 0.208 e. The monoisotopic (exact) mass is 200 g/mol. The molecule has 0 bridgehead atoms. The van der Waals surface area contributed by atoms with E-state index in [1.54, 1.807) is 0 Å². The SMILES string of the molecule is Nc1nc(N)c(=NCCO)n(O)c1N. The molecular formula is C6H12N6O2. The summed E-state index contributed by atoms with van der Waals surface area (Å²) < 4.78 is 0.535. The molecule has 1 heterocycles. The van der Waals surface area contributed by atoms with Crippen LogP contribution in [0.25, 0.3) is 0 Å². The maximum atomic E-state index is 9.40. The van der Waals surface area contributed by atoms with Gasteiger partial charge in [0.25, 0.3) is 0 Å². The van der Waals surface area contributed by atoms with Crippen molar-refractivity contribution in [3.63, 3.8) is 0 Å². The molecule has 0 unspecified atom stereocenters. The average molecular weight is 200 g/mol. The van der Waals surface area contributed by atoms with Gasteiger partial charge in [-0.1, -0.05) is 0 Å². The number of anilines is 3. The van der Waals surface area contributed by atoms with Gasteiger partial charge in [-0.2, -0.15) is 0 Å². The Bertz CT molecular complexity index is 398. The molecule has 0 saturated carbocycles. The molecule has 1 aromatic heterocycles. The molecule has 8 heteroatoms. The van der Waals surface area contributed by atoms with E-state index in [9.17, 15) is 5.21 Å². The van der Waals surface area contributed by atoms with E-state index in [0.717, 1.165) is 0 Å². The summed E-state index contributed by atoms with van der Waals surface area (Å²) in [5, 5.41) is 17.9. The Kier molecular flexibility index (Phi) is 2.77. The third kappa shape index (κ3) is 1.69. The first kappa shape index (κ1) is 10.1. The highest BCUT2D eigenvalue weighted by Gasteiger charge is 2.06. The molecule has 8 nitrogen and oxygen atoms in total. The average Bonchev–Trinajstić information content (AvgIpc) is 2.14. The van der Waals surface area contributed by atoms with Crippen molar-refractivity contribution in [1.82, 2.24) is 9.71 Å². The van der Waals surface area contributed by atoms with Crippen LogP contribution in [0.1, 0.15) is 0 Å². The molecule has 0 saturated heterocycles. The standard InChI is InChI=1S/C6H12N6O2/c7-3-5(9)12(14)6(4(8)11-3)10-1-2-13/h13-14H,1-2,7,9H2,(H2,8,11). The second-order valence-electron chi connectivity index (χ2n) is 2.51. The number of rotatable bonds is 2. The van der Waals surface area contributed by atoms with Crippen LogP contribution >= 0.6 is 0 Å². The maximum absolute atomic E-state index is 9.40. The quantitative estimate of drug-likeness (QED) is 0.341. The summed E-state index contributed by atoms with van der Waals surface area (Å²) >= 11 is 0. The second-order valence-corrected chi connectivity index (χ2v) is 2.51. The van der Waals surface area contributed by atoms with Crippen molar-refractivity contribution >= 4 is 17.5 Å². The molecule has 0 aromatic carbocycles. The van der Waals surface area contributed by atoms with Gasteiger partial charge >= 0.3 is 0 Å². The first-order chi connectivity index (χ1) is 6.57. The van der Waals surface area contributed by atoms with Gasteiger partial charge in [0.1, 0.15) is 0 Å². The van der Waals surface area contributed by atoms with Crippen LogP contribution in [0.4, 0.5) is 17.5 Å². The summed E-state index contributed by atoms with van der Waals surface area (Å²) in [6.07, 6.45) is 0. The van der Waals surface area contributed by atoms with E-state index in [-0.39, 0.29) is 36.1 Å². The minimum absolute atomic E-state index is 0.0225. The number of hydrogen-bond acceptors (Lipinski definition) is 7. The fraction of sp³-hybridized carbons (Fsp3) is 0.333. The van der Waals surface area contributed by atoms with Gasteiger partial charge in [-0.3, -0.25) is 4.99 Å². The van der Waals surface area contributed by atoms with Gasteiger partial charge in [0, 0.05) is 0 Å². The first-order valence-corrected chi connectivity index (χ1v) is 3.82. The zero-order chi connectivity index (χ0) is 10.7. The number of aliphatic hydroxyl groups is 1. The van der Waals surface area contributed by atoms with Gasteiger partial charge in [0.05, 0.1) is 13.2 Å². The Labute approximate surface area is 79.3 Å². The summed E-state index contributed by atoms with van der Waals surface area (Å²) in [6.45, 7) is -0.0699. The number of hydrogen-bond donors (Lipinski definition) is 5. The Morgan fingerprint density at radius 1 is 1.29 bits per heavy atom. The van der Waals surface area contributed by atoms with Crippen molar-refractivity contribution in [3.8, 4) is 0 Å². The van der Waals surface area contributed by atoms with E-state index in [4.69, 9.17) is 22.3 Å². The van der Waals surface area contributed by atoms with E-state index >= 15 is 0 Å². The molecule has 0 aliphatic rings. The van der Waals surface area contributed by atoms with Crippen LogP contribution in [-0.2, 0) is 0 Å². The Balaban J connectivity index is 3.36. The van der Waals surface area contributed by atoms with Gasteiger partial charge in [0.15, 0.2) is 17.5 Å². The lowest BCUT2D eigenvalue weighted by Crippen LogP contribution is -2.28. The van der Waals surface area contributed by atoms with Crippen LogP contribution in [0.2, 0.25) is 0 Å². The van der Waals surface area contributed by atoms with Crippen LogP contribution in [0.3, 0.4) is 0 Å². The third-order valence-electron chi connectivity index (χ3n) is 1.52. The predicted molar refractivity (Wildman–Crippen MR) is 50.2 cm³/mol. The number of aromatic nitrogens is 2. The van der Waals surface area contributed by atoms with Crippen molar-refractivity contribution in [3.05, 3.63) is 5.49 Å². The second kappa shape index (κ2) is 3.83. The Morgan fingerprint density at radius 3 is 2.50 bits per heavy atom. The van der Waals surface area contributed by atoms with E-state index in [1.165, 1.54) is 0 Å². The molecule has 0 spiro atoms. The Hall–Kier alpha value is -1.96. The lowest BCUT2D eigenvalue weighted by atomic mass is 10.5. The molecule has 1 rings (SSSR count). The van der Waals surface area contributed by atoms with Crippen LogP contribution < -0.4 is 22.7 Å². The van der Waals surface area contributed by atoms with Crippen LogP contribution in [0.15, 0.2) is 4.99 Å². The minimum Gasteiger partial charge on any atom is -0.425 e. The molecule has 0 amide bonds. The van der Waals surface area contributed by atoms with Gasteiger partial charge in [-0.15, -0.1) is 4.73 Å². The van der Waals surface area contributed by atoms with Crippen molar-refractivity contribution in [2.45, 2.75) is 0 Å². The smallest absolute Gasteiger partial charge is 0.208 e. The largest absolute Gasteiger partial charge is 0.425 e. The highest BCUT2D eigenvalue weighted by Crippen LogP contribution is 2.07. The molecule has 0 aliphatic heterocycles. The third-order valence-corrected chi connectivity index (χ3v) is 1.52. The molecule has 0 radical (unpaired) electrons. The Morgan fingerprint density at radius 2 is 1.93 bits per heavy atom.